The second-order valence-corrected chi connectivity index (χ2v) is 4.42. The van der Waals surface area contributed by atoms with Crippen LogP contribution >= 0.6 is 0 Å². The van der Waals surface area contributed by atoms with Crippen LogP contribution in [0.4, 0.5) is 0 Å². The van der Waals surface area contributed by atoms with Gasteiger partial charge in [0.2, 0.25) is 5.91 Å². The van der Waals surface area contributed by atoms with E-state index < -0.39 is 0 Å². The van der Waals surface area contributed by atoms with Crippen LogP contribution < -0.4 is 5.32 Å². The van der Waals surface area contributed by atoms with Gasteiger partial charge in [0, 0.05) is 19.8 Å². The van der Waals surface area contributed by atoms with Crippen molar-refractivity contribution in [2.75, 3.05) is 19.8 Å². The summed E-state index contributed by atoms with van der Waals surface area (Å²) in [5.74, 6) is 0.624. The largest absolute Gasteiger partial charge is 0.396 e. The molecule has 0 aromatic carbocycles. The zero-order chi connectivity index (χ0) is 11.3. The van der Waals surface area contributed by atoms with Gasteiger partial charge in [-0.25, -0.2) is 0 Å². The molecule has 1 aliphatic rings. The lowest BCUT2D eigenvalue weighted by Gasteiger charge is -2.16. The van der Waals surface area contributed by atoms with Crippen LogP contribution in [0.25, 0.3) is 0 Å². The first-order chi connectivity index (χ1) is 7.15. The van der Waals surface area contributed by atoms with E-state index in [4.69, 9.17) is 9.84 Å². The third-order valence-electron chi connectivity index (χ3n) is 2.89. The van der Waals surface area contributed by atoms with Crippen LogP contribution in [0.15, 0.2) is 0 Å². The molecule has 1 saturated heterocycles. The van der Waals surface area contributed by atoms with E-state index in [0.29, 0.717) is 25.0 Å². The Morgan fingerprint density at radius 3 is 2.93 bits per heavy atom. The predicted octanol–water partition coefficient (Wildman–Crippen LogP) is 0.546. The van der Waals surface area contributed by atoms with Gasteiger partial charge in [0.1, 0.15) is 6.10 Å². The van der Waals surface area contributed by atoms with Crippen molar-refractivity contribution in [2.24, 2.45) is 11.8 Å². The highest BCUT2D eigenvalue weighted by atomic mass is 16.5. The van der Waals surface area contributed by atoms with Gasteiger partial charge in [0.25, 0.3) is 0 Å². The number of ether oxygens (including phenoxy) is 1. The highest BCUT2D eigenvalue weighted by Crippen LogP contribution is 2.19. The molecule has 0 radical (unpaired) electrons. The van der Waals surface area contributed by atoms with Crippen LogP contribution in [0.3, 0.4) is 0 Å². The third kappa shape index (κ3) is 3.80. The Labute approximate surface area is 91.0 Å². The van der Waals surface area contributed by atoms with Gasteiger partial charge in [0.15, 0.2) is 0 Å². The minimum Gasteiger partial charge on any atom is -0.396 e. The van der Waals surface area contributed by atoms with Crippen molar-refractivity contribution < 1.29 is 14.6 Å². The molecule has 4 heteroatoms. The fourth-order valence-electron chi connectivity index (χ4n) is 1.73. The highest BCUT2D eigenvalue weighted by molar-refractivity contribution is 5.81. The summed E-state index contributed by atoms with van der Waals surface area (Å²) in [5.41, 5.74) is 0. The third-order valence-corrected chi connectivity index (χ3v) is 2.89. The lowest BCUT2D eigenvalue weighted by atomic mass is 10.0. The standard InChI is InChI=1S/C11H21NO3/c1-8(3-5-13)7-12-11(14)10-9(2)4-6-15-10/h8-10,13H,3-7H2,1-2H3,(H,12,14). The zero-order valence-corrected chi connectivity index (χ0v) is 9.53. The number of nitrogens with one attached hydrogen (secondary N) is 1. The fraction of sp³-hybridized carbons (Fsp3) is 0.909. The Bertz CT molecular complexity index is 208. The second-order valence-electron chi connectivity index (χ2n) is 4.42. The van der Waals surface area contributed by atoms with E-state index in [1.165, 1.54) is 0 Å². The van der Waals surface area contributed by atoms with Crippen molar-refractivity contribution in [3.05, 3.63) is 0 Å². The van der Waals surface area contributed by atoms with Gasteiger partial charge in [-0.05, 0) is 24.7 Å². The highest BCUT2D eigenvalue weighted by Gasteiger charge is 2.30. The molecule has 3 unspecified atom stereocenters. The van der Waals surface area contributed by atoms with Crippen molar-refractivity contribution in [3.63, 3.8) is 0 Å². The van der Waals surface area contributed by atoms with Crippen molar-refractivity contribution in [1.82, 2.24) is 5.32 Å². The lowest BCUT2D eigenvalue weighted by molar-refractivity contribution is -0.131. The molecule has 1 heterocycles. The number of aliphatic hydroxyl groups is 1. The molecule has 1 fully saturated rings. The van der Waals surface area contributed by atoms with Gasteiger partial charge >= 0.3 is 0 Å². The lowest BCUT2D eigenvalue weighted by Crippen LogP contribution is -2.39. The van der Waals surface area contributed by atoms with Crippen molar-refractivity contribution in [1.29, 1.82) is 0 Å². The molecule has 1 rings (SSSR count). The SMILES string of the molecule is CC(CCO)CNC(=O)C1OCCC1C. The Kier molecular flexibility index (Phi) is 5.05. The molecule has 0 aliphatic carbocycles. The van der Waals surface area contributed by atoms with E-state index in [-0.39, 0.29) is 18.6 Å². The molecule has 2 N–H and O–H groups in total. The van der Waals surface area contributed by atoms with E-state index in [1.807, 2.05) is 13.8 Å². The van der Waals surface area contributed by atoms with E-state index in [2.05, 4.69) is 5.32 Å². The predicted molar refractivity (Wildman–Crippen MR) is 57.4 cm³/mol. The van der Waals surface area contributed by atoms with Crippen LogP contribution in [0.1, 0.15) is 26.7 Å². The summed E-state index contributed by atoms with van der Waals surface area (Å²) in [6.07, 6.45) is 1.41. The van der Waals surface area contributed by atoms with Gasteiger partial charge in [-0.15, -0.1) is 0 Å². The summed E-state index contributed by atoms with van der Waals surface area (Å²) in [5, 5.41) is 11.6. The smallest absolute Gasteiger partial charge is 0.249 e. The topological polar surface area (TPSA) is 58.6 Å². The number of carbonyl (C=O) groups is 1. The number of hydrogen-bond donors (Lipinski definition) is 2. The molecular weight excluding hydrogens is 194 g/mol. The minimum absolute atomic E-state index is 0.00945. The monoisotopic (exact) mass is 215 g/mol. The number of hydrogen-bond acceptors (Lipinski definition) is 3. The summed E-state index contributed by atoms with van der Waals surface area (Å²) >= 11 is 0. The van der Waals surface area contributed by atoms with E-state index >= 15 is 0 Å². The van der Waals surface area contributed by atoms with Crippen LogP contribution in [0.5, 0.6) is 0 Å². The molecule has 15 heavy (non-hydrogen) atoms. The molecule has 0 aromatic heterocycles. The first-order valence-electron chi connectivity index (χ1n) is 5.65. The summed E-state index contributed by atoms with van der Waals surface area (Å²) in [6, 6.07) is 0. The number of amides is 1. The molecule has 4 nitrogen and oxygen atoms in total. The summed E-state index contributed by atoms with van der Waals surface area (Å²) in [7, 11) is 0. The minimum atomic E-state index is -0.272. The maximum Gasteiger partial charge on any atom is 0.249 e. The quantitative estimate of drug-likeness (QED) is 0.704. The molecule has 1 amide bonds. The average Bonchev–Trinajstić information content (AvgIpc) is 2.61. The van der Waals surface area contributed by atoms with E-state index in [1.54, 1.807) is 0 Å². The molecule has 3 atom stereocenters. The Morgan fingerprint density at radius 2 is 2.40 bits per heavy atom. The molecule has 0 aromatic rings. The van der Waals surface area contributed by atoms with Gasteiger partial charge < -0.3 is 15.2 Å². The second kappa shape index (κ2) is 6.08. The molecular formula is C11H21NO3. The van der Waals surface area contributed by atoms with E-state index in [0.717, 1.165) is 12.8 Å². The van der Waals surface area contributed by atoms with Crippen molar-refractivity contribution in [3.8, 4) is 0 Å². The maximum absolute atomic E-state index is 11.7. The molecule has 0 spiro atoms. The number of carbonyl (C=O) groups excluding carboxylic acids is 1. The average molecular weight is 215 g/mol. The van der Waals surface area contributed by atoms with Crippen molar-refractivity contribution in [2.45, 2.75) is 32.8 Å². The van der Waals surface area contributed by atoms with Gasteiger partial charge in [-0.1, -0.05) is 13.8 Å². The Morgan fingerprint density at radius 1 is 1.67 bits per heavy atom. The van der Waals surface area contributed by atoms with Crippen LogP contribution in [0.2, 0.25) is 0 Å². The first kappa shape index (κ1) is 12.5. The number of rotatable bonds is 5. The summed E-state index contributed by atoms with van der Waals surface area (Å²) in [6.45, 7) is 5.52. The maximum atomic E-state index is 11.7. The fourth-order valence-corrected chi connectivity index (χ4v) is 1.73. The number of aliphatic hydroxyl groups excluding tert-OH is 1. The Hall–Kier alpha value is -0.610. The van der Waals surface area contributed by atoms with Crippen molar-refractivity contribution >= 4 is 5.91 Å². The van der Waals surface area contributed by atoms with Gasteiger partial charge in [-0.3, -0.25) is 4.79 Å². The molecule has 1 aliphatic heterocycles. The summed E-state index contributed by atoms with van der Waals surface area (Å²) < 4.78 is 5.36. The van der Waals surface area contributed by atoms with E-state index in [9.17, 15) is 4.79 Å². The van der Waals surface area contributed by atoms with Crippen LogP contribution in [0, 0.1) is 11.8 Å². The zero-order valence-electron chi connectivity index (χ0n) is 9.53. The van der Waals surface area contributed by atoms with Gasteiger partial charge in [0.05, 0.1) is 0 Å². The molecule has 0 saturated carbocycles. The first-order valence-corrected chi connectivity index (χ1v) is 5.65. The van der Waals surface area contributed by atoms with Crippen LogP contribution in [-0.4, -0.2) is 36.9 Å². The van der Waals surface area contributed by atoms with Crippen LogP contribution in [-0.2, 0) is 9.53 Å². The Balaban J connectivity index is 2.23. The van der Waals surface area contributed by atoms with Gasteiger partial charge in [-0.2, -0.15) is 0 Å². The summed E-state index contributed by atoms with van der Waals surface area (Å²) in [4.78, 5) is 11.7. The normalized spacial score (nSPS) is 27.7. The molecule has 88 valence electrons. The molecule has 0 bridgehead atoms.